The van der Waals surface area contributed by atoms with E-state index in [1.807, 2.05) is 30.3 Å². The highest BCUT2D eigenvalue weighted by Crippen LogP contribution is 2.26. The van der Waals surface area contributed by atoms with Crippen molar-refractivity contribution in [3.63, 3.8) is 0 Å². The highest BCUT2D eigenvalue weighted by molar-refractivity contribution is 14.1. The minimum absolute atomic E-state index is 0.825. The van der Waals surface area contributed by atoms with Gasteiger partial charge in [-0.3, -0.25) is 0 Å². The summed E-state index contributed by atoms with van der Waals surface area (Å²) in [6, 6.07) is 12.1. The second-order valence-electron chi connectivity index (χ2n) is 2.57. The fourth-order valence-corrected chi connectivity index (χ4v) is 2.10. The van der Waals surface area contributed by atoms with Crippen molar-refractivity contribution in [1.82, 2.24) is 0 Å². The lowest BCUT2D eigenvalue weighted by Crippen LogP contribution is -1.77. The Hall–Kier alpha value is -0.280. The first-order valence-corrected chi connectivity index (χ1v) is 5.07. The molecule has 0 heterocycles. The largest absolute Gasteiger partial charge is 0.0837 e. The van der Waals surface area contributed by atoms with Crippen LogP contribution >= 0.6 is 34.2 Å². The van der Waals surface area contributed by atoms with Gasteiger partial charge in [0, 0.05) is 14.0 Å². The summed E-state index contributed by atoms with van der Waals surface area (Å²) in [5.74, 6) is 0. The van der Waals surface area contributed by atoms with Crippen molar-refractivity contribution in [3.05, 3.63) is 45.0 Å². The first-order chi connectivity index (χ1) is 5.79. The van der Waals surface area contributed by atoms with Gasteiger partial charge in [-0.05, 0) is 40.1 Å². The SMILES string of the molecule is Clc1ccc(I)c2ccccc12. The van der Waals surface area contributed by atoms with Gasteiger partial charge in [0.05, 0.1) is 0 Å². The summed E-state index contributed by atoms with van der Waals surface area (Å²) in [6.07, 6.45) is 0. The fourth-order valence-electron chi connectivity index (χ4n) is 1.23. The Kier molecular flexibility index (Phi) is 2.24. The highest BCUT2D eigenvalue weighted by Gasteiger charge is 1.99. The lowest BCUT2D eigenvalue weighted by atomic mass is 10.1. The third kappa shape index (κ3) is 1.31. The van der Waals surface area contributed by atoms with Crippen LogP contribution in [0.3, 0.4) is 0 Å². The molecule has 0 saturated carbocycles. The first-order valence-electron chi connectivity index (χ1n) is 3.62. The van der Waals surface area contributed by atoms with Crippen LogP contribution in [-0.2, 0) is 0 Å². The number of rotatable bonds is 0. The summed E-state index contributed by atoms with van der Waals surface area (Å²) in [6.45, 7) is 0. The molecule has 0 amide bonds. The van der Waals surface area contributed by atoms with Gasteiger partial charge in [-0.25, -0.2) is 0 Å². The third-order valence-corrected chi connectivity index (χ3v) is 3.09. The summed E-state index contributed by atoms with van der Waals surface area (Å²) in [7, 11) is 0. The molecule has 0 aromatic heterocycles. The van der Waals surface area contributed by atoms with Gasteiger partial charge in [-0.2, -0.15) is 0 Å². The molecule has 2 aromatic carbocycles. The summed E-state index contributed by atoms with van der Waals surface area (Å²) in [5, 5.41) is 3.18. The molecule has 0 radical (unpaired) electrons. The lowest BCUT2D eigenvalue weighted by Gasteiger charge is -2.01. The minimum atomic E-state index is 0.825. The molecular formula is C10H6ClI. The van der Waals surface area contributed by atoms with Crippen molar-refractivity contribution in [1.29, 1.82) is 0 Å². The molecule has 0 aliphatic rings. The molecule has 0 N–H and O–H groups in total. The van der Waals surface area contributed by atoms with Gasteiger partial charge in [0.25, 0.3) is 0 Å². The zero-order chi connectivity index (χ0) is 8.55. The summed E-state index contributed by atoms with van der Waals surface area (Å²) in [5.41, 5.74) is 0. The van der Waals surface area contributed by atoms with Crippen LogP contribution in [0.5, 0.6) is 0 Å². The van der Waals surface area contributed by atoms with Crippen LogP contribution < -0.4 is 0 Å². The molecular weight excluding hydrogens is 282 g/mol. The Morgan fingerprint density at radius 2 is 1.58 bits per heavy atom. The average Bonchev–Trinajstić information content (AvgIpc) is 2.12. The maximum atomic E-state index is 6.03. The molecule has 0 aliphatic heterocycles. The van der Waals surface area contributed by atoms with Crippen molar-refractivity contribution in [2.75, 3.05) is 0 Å². The van der Waals surface area contributed by atoms with E-state index in [0.717, 1.165) is 10.4 Å². The third-order valence-electron chi connectivity index (χ3n) is 1.82. The van der Waals surface area contributed by atoms with E-state index in [1.54, 1.807) is 0 Å². The second-order valence-corrected chi connectivity index (χ2v) is 4.14. The van der Waals surface area contributed by atoms with Crippen molar-refractivity contribution < 1.29 is 0 Å². The van der Waals surface area contributed by atoms with Crippen molar-refractivity contribution in [2.45, 2.75) is 0 Å². The van der Waals surface area contributed by atoms with Crippen molar-refractivity contribution >= 4 is 45.0 Å². The maximum absolute atomic E-state index is 6.03. The molecule has 0 fully saturated rings. The average molecular weight is 289 g/mol. The second kappa shape index (κ2) is 3.23. The standard InChI is InChI=1S/C10H6ClI/c11-9-5-6-10(12)8-4-2-1-3-7(8)9/h1-6H. The minimum Gasteiger partial charge on any atom is -0.0837 e. The van der Waals surface area contributed by atoms with Crippen molar-refractivity contribution in [2.24, 2.45) is 0 Å². The Bertz CT molecular complexity index is 383. The highest BCUT2D eigenvalue weighted by atomic mass is 127. The van der Waals surface area contributed by atoms with Crippen LogP contribution in [0.15, 0.2) is 36.4 Å². The molecule has 0 nitrogen and oxygen atoms in total. The molecule has 0 unspecified atom stereocenters. The number of benzene rings is 2. The van der Waals surface area contributed by atoms with E-state index in [2.05, 4.69) is 28.7 Å². The number of fused-ring (bicyclic) bond motifs is 1. The molecule has 2 heteroatoms. The Morgan fingerprint density at radius 3 is 2.25 bits per heavy atom. The smallest absolute Gasteiger partial charge is 0.0485 e. The first kappa shape index (κ1) is 8.32. The molecule has 0 aliphatic carbocycles. The van der Waals surface area contributed by atoms with Crippen LogP contribution in [0.4, 0.5) is 0 Å². The predicted octanol–water partition coefficient (Wildman–Crippen LogP) is 4.10. The summed E-state index contributed by atoms with van der Waals surface area (Å²) < 4.78 is 1.24. The monoisotopic (exact) mass is 288 g/mol. The molecule has 2 aromatic rings. The molecule has 12 heavy (non-hydrogen) atoms. The van der Waals surface area contributed by atoms with Crippen molar-refractivity contribution in [3.8, 4) is 0 Å². The van der Waals surface area contributed by atoms with Crippen LogP contribution in [0, 0.1) is 3.57 Å². The van der Waals surface area contributed by atoms with E-state index in [1.165, 1.54) is 8.96 Å². The van der Waals surface area contributed by atoms with Gasteiger partial charge < -0.3 is 0 Å². The Balaban J connectivity index is 2.95. The maximum Gasteiger partial charge on any atom is 0.0485 e. The molecule has 0 saturated heterocycles. The number of halogens is 2. The van der Waals surface area contributed by atoms with E-state index in [0.29, 0.717) is 0 Å². The number of hydrogen-bond donors (Lipinski definition) is 0. The van der Waals surface area contributed by atoms with Crippen LogP contribution in [-0.4, -0.2) is 0 Å². The van der Waals surface area contributed by atoms with E-state index < -0.39 is 0 Å². The lowest BCUT2D eigenvalue weighted by molar-refractivity contribution is 1.70. The Labute approximate surface area is 89.7 Å². The Morgan fingerprint density at radius 1 is 0.917 bits per heavy atom. The molecule has 0 spiro atoms. The van der Waals surface area contributed by atoms with Gasteiger partial charge in [0.15, 0.2) is 0 Å². The summed E-state index contributed by atoms with van der Waals surface area (Å²) >= 11 is 8.34. The van der Waals surface area contributed by atoms with Crippen LogP contribution in [0.25, 0.3) is 10.8 Å². The fraction of sp³-hybridized carbons (Fsp3) is 0. The van der Waals surface area contributed by atoms with Crippen LogP contribution in [0.2, 0.25) is 5.02 Å². The normalized spacial score (nSPS) is 10.5. The summed E-state index contributed by atoms with van der Waals surface area (Å²) in [4.78, 5) is 0. The molecule has 60 valence electrons. The molecule has 0 bridgehead atoms. The van der Waals surface area contributed by atoms with E-state index in [-0.39, 0.29) is 0 Å². The van der Waals surface area contributed by atoms with E-state index >= 15 is 0 Å². The molecule has 2 rings (SSSR count). The van der Waals surface area contributed by atoms with Gasteiger partial charge in [-0.15, -0.1) is 0 Å². The van der Waals surface area contributed by atoms with Crippen LogP contribution in [0.1, 0.15) is 0 Å². The van der Waals surface area contributed by atoms with Gasteiger partial charge in [0.2, 0.25) is 0 Å². The zero-order valence-corrected chi connectivity index (χ0v) is 9.13. The van der Waals surface area contributed by atoms with Gasteiger partial charge in [0.1, 0.15) is 0 Å². The van der Waals surface area contributed by atoms with E-state index in [9.17, 15) is 0 Å². The van der Waals surface area contributed by atoms with Gasteiger partial charge >= 0.3 is 0 Å². The predicted molar refractivity (Wildman–Crippen MR) is 61.7 cm³/mol. The van der Waals surface area contributed by atoms with E-state index in [4.69, 9.17) is 11.6 Å². The quantitative estimate of drug-likeness (QED) is 0.640. The number of hydrogen-bond acceptors (Lipinski definition) is 0. The zero-order valence-electron chi connectivity index (χ0n) is 6.22. The topological polar surface area (TPSA) is 0 Å². The van der Waals surface area contributed by atoms with Gasteiger partial charge in [-0.1, -0.05) is 35.9 Å². The molecule has 0 atom stereocenters.